The van der Waals surface area contributed by atoms with Crippen molar-refractivity contribution in [2.24, 2.45) is 16.6 Å². The SMILES string of the molecule is CC1CCN(C(N)=NCCNc2nc3ccccc3s2)CC1.I. The van der Waals surface area contributed by atoms with Crippen LogP contribution in [0.25, 0.3) is 10.2 Å². The Morgan fingerprint density at radius 2 is 2.13 bits per heavy atom. The number of nitrogens with one attached hydrogen (secondary N) is 1. The van der Waals surface area contributed by atoms with E-state index in [2.05, 4.69) is 33.2 Å². The van der Waals surface area contributed by atoms with Crippen molar-refractivity contribution in [3.05, 3.63) is 24.3 Å². The largest absolute Gasteiger partial charge is 0.370 e. The Morgan fingerprint density at radius 1 is 1.39 bits per heavy atom. The van der Waals surface area contributed by atoms with Crippen molar-refractivity contribution in [1.29, 1.82) is 0 Å². The van der Waals surface area contributed by atoms with Gasteiger partial charge in [-0.3, -0.25) is 4.99 Å². The Labute approximate surface area is 158 Å². The van der Waals surface area contributed by atoms with E-state index in [4.69, 9.17) is 5.73 Å². The molecule has 23 heavy (non-hydrogen) atoms. The first-order valence-electron chi connectivity index (χ1n) is 7.86. The molecule has 0 amide bonds. The summed E-state index contributed by atoms with van der Waals surface area (Å²) in [5.41, 5.74) is 7.11. The Hall–Kier alpha value is -1.09. The van der Waals surface area contributed by atoms with Crippen LogP contribution < -0.4 is 11.1 Å². The molecule has 3 N–H and O–H groups in total. The predicted octanol–water partition coefficient (Wildman–Crippen LogP) is 3.37. The monoisotopic (exact) mass is 445 g/mol. The summed E-state index contributed by atoms with van der Waals surface area (Å²) in [7, 11) is 0. The molecule has 126 valence electrons. The van der Waals surface area contributed by atoms with E-state index in [1.807, 2.05) is 18.2 Å². The van der Waals surface area contributed by atoms with Crippen molar-refractivity contribution in [3.63, 3.8) is 0 Å². The molecule has 0 unspecified atom stereocenters. The standard InChI is InChI=1S/C16H23N5S.HI/c1-12-6-10-21(11-7-12)15(17)18-8-9-19-16-20-13-4-2-3-5-14(13)22-16;/h2-5,12H,6-11H2,1H3,(H2,17,18)(H,19,20);1H. The second-order valence-electron chi connectivity index (χ2n) is 5.82. The highest BCUT2D eigenvalue weighted by Crippen LogP contribution is 2.25. The lowest BCUT2D eigenvalue weighted by Crippen LogP contribution is -2.42. The molecule has 1 aliphatic heterocycles. The van der Waals surface area contributed by atoms with Gasteiger partial charge in [-0.1, -0.05) is 30.4 Å². The molecule has 0 saturated carbocycles. The second kappa shape index (κ2) is 8.68. The summed E-state index contributed by atoms with van der Waals surface area (Å²) < 4.78 is 1.20. The van der Waals surface area contributed by atoms with Gasteiger partial charge in [-0.05, 0) is 30.9 Å². The Bertz CT molecular complexity index is 616. The van der Waals surface area contributed by atoms with E-state index >= 15 is 0 Å². The van der Waals surface area contributed by atoms with Gasteiger partial charge in [0.1, 0.15) is 0 Å². The molecule has 2 heterocycles. The molecule has 0 spiro atoms. The van der Waals surface area contributed by atoms with Gasteiger partial charge in [0.15, 0.2) is 11.1 Å². The summed E-state index contributed by atoms with van der Waals surface area (Å²) in [6, 6.07) is 8.17. The van der Waals surface area contributed by atoms with Crippen molar-refractivity contribution in [2.45, 2.75) is 19.8 Å². The number of fused-ring (bicyclic) bond motifs is 1. The van der Waals surface area contributed by atoms with Crippen LogP contribution in [0.3, 0.4) is 0 Å². The first-order valence-corrected chi connectivity index (χ1v) is 8.68. The molecular weight excluding hydrogens is 421 g/mol. The number of hydrogen-bond donors (Lipinski definition) is 2. The van der Waals surface area contributed by atoms with Gasteiger partial charge in [-0.2, -0.15) is 0 Å². The number of nitrogens with zero attached hydrogens (tertiary/aromatic N) is 3. The zero-order valence-electron chi connectivity index (χ0n) is 13.4. The number of aliphatic imine (C=N–C) groups is 1. The molecule has 0 aliphatic carbocycles. The second-order valence-corrected chi connectivity index (χ2v) is 6.85. The molecule has 1 aromatic heterocycles. The van der Waals surface area contributed by atoms with E-state index in [1.54, 1.807) is 11.3 Å². The fourth-order valence-corrected chi connectivity index (χ4v) is 3.51. The van der Waals surface area contributed by atoms with Crippen molar-refractivity contribution >= 4 is 56.6 Å². The summed E-state index contributed by atoms with van der Waals surface area (Å²) in [6.07, 6.45) is 2.42. The smallest absolute Gasteiger partial charge is 0.191 e. The number of para-hydroxylation sites is 1. The summed E-state index contributed by atoms with van der Waals surface area (Å²) in [4.78, 5) is 11.2. The topological polar surface area (TPSA) is 66.5 Å². The molecule has 1 saturated heterocycles. The molecule has 5 nitrogen and oxygen atoms in total. The minimum atomic E-state index is 0. The van der Waals surface area contributed by atoms with Crippen LogP contribution in [0.1, 0.15) is 19.8 Å². The molecule has 0 atom stereocenters. The predicted molar refractivity (Wildman–Crippen MR) is 110 cm³/mol. The lowest BCUT2D eigenvalue weighted by Gasteiger charge is -2.31. The van der Waals surface area contributed by atoms with E-state index in [0.29, 0.717) is 12.5 Å². The maximum absolute atomic E-state index is 6.07. The van der Waals surface area contributed by atoms with Crippen LogP contribution in [0.2, 0.25) is 0 Å². The lowest BCUT2D eigenvalue weighted by molar-refractivity contribution is 0.278. The number of aromatic nitrogens is 1. The van der Waals surface area contributed by atoms with E-state index in [1.165, 1.54) is 17.5 Å². The molecule has 1 aromatic carbocycles. The van der Waals surface area contributed by atoms with Crippen LogP contribution in [0, 0.1) is 5.92 Å². The maximum atomic E-state index is 6.07. The summed E-state index contributed by atoms with van der Waals surface area (Å²) in [5, 5.41) is 4.27. The fraction of sp³-hybridized carbons (Fsp3) is 0.500. The number of rotatable bonds is 4. The highest BCUT2D eigenvalue weighted by Gasteiger charge is 2.16. The van der Waals surface area contributed by atoms with Crippen LogP contribution in [0.15, 0.2) is 29.3 Å². The van der Waals surface area contributed by atoms with Crippen LogP contribution >= 0.6 is 35.3 Å². The van der Waals surface area contributed by atoms with Gasteiger partial charge in [-0.15, -0.1) is 24.0 Å². The van der Waals surface area contributed by atoms with Gasteiger partial charge in [0, 0.05) is 19.6 Å². The number of guanidine groups is 1. The third kappa shape index (κ3) is 4.94. The number of likely N-dealkylation sites (tertiary alicyclic amines) is 1. The molecule has 7 heteroatoms. The molecule has 0 bridgehead atoms. The van der Waals surface area contributed by atoms with Crippen LogP contribution in [0.4, 0.5) is 5.13 Å². The number of halogens is 1. The Balaban J connectivity index is 0.00000192. The van der Waals surface area contributed by atoms with E-state index in [0.717, 1.165) is 36.2 Å². The van der Waals surface area contributed by atoms with Crippen LogP contribution in [0.5, 0.6) is 0 Å². The minimum Gasteiger partial charge on any atom is -0.370 e. The lowest BCUT2D eigenvalue weighted by atomic mass is 10.00. The van der Waals surface area contributed by atoms with E-state index < -0.39 is 0 Å². The number of nitrogens with two attached hydrogens (primary N) is 1. The van der Waals surface area contributed by atoms with Crippen molar-refractivity contribution in [3.8, 4) is 0 Å². The van der Waals surface area contributed by atoms with Crippen molar-refractivity contribution < 1.29 is 0 Å². The zero-order valence-corrected chi connectivity index (χ0v) is 16.5. The van der Waals surface area contributed by atoms with Gasteiger partial charge in [0.2, 0.25) is 0 Å². The third-order valence-corrected chi connectivity index (χ3v) is 5.06. The van der Waals surface area contributed by atoms with Gasteiger partial charge in [0.05, 0.1) is 16.8 Å². The summed E-state index contributed by atoms with van der Waals surface area (Å²) in [6.45, 7) is 5.79. The number of anilines is 1. The van der Waals surface area contributed by atoms with Crippen molar-refractivity contribution in [1.82, 2.24) is 9.88 Å². The molecular formula is C16H24IN5S. The Kier molecular flexibility index (Phi) is 6.88. The first-order chi connectivity index (χ1) is 10.7. The number of benzene rings is 1. The number of hydrogen-bond acceptors (Lipinski definition) is 4. The highest BCUT2D eigenvalue weighted by atomic mass is 127. The number of thiazole rings is 1. The molecule has 1 fully saturated rings. The molecule has 3 rings (SSSR count). The first kappa shape index (κ1) is 18.3. The van der Waals surface area contributed by atoms with Gasteiger partial charge in [-0.25, -0.2) is 4.98 Å². The summed E-state index contributed by atoms with van der Waals surface area (Å²) in [5.74, 6) is 1.49. The quantitative estimate of drug-likeness (QED) is 0.328. The van der Waals surface area contributed by atoms with Gasteiger partial charge in [0.25, 0.3) is 0 Å². The van der Waals surface area contributed by atoms with E-state index in [9.17, 15) is 0 Å². The number of piperidine rings is 1. The maximum Gasteiger partial charge on any atom is 0.191 e. The normalized spacial score (nSPS) is 16.4. The van der Waals surface area contributed by atoms with Crippen molar-refractivity contribution in [2.75, 3.05) is 31.5 Å². The van der Waals surface area contributed by atoms with Gasteiger partial charge >= 0.3 is 0 Å². The molecule has 1 aliphatic rings. The highest BCUT2D eigenvalue weighted by molar-refractivity contribution is 14.0. The van der Waals surface area contributed by atoms with Gasteiger partial charge < -0.3 is 16.0 Å². The minimum absolute atomic E-state index is 0. The van der Waals surface area contributed by atoms with E-state index in [-0.39, 0.29) is 24.0 Å². The third-order valence-electron chi connectivity index (χ3n) is 4.06. The zero-order chi connectivity index (χ0) is 15.4. The molecule has 2 aromatic rings. The van der Waals surface area contributed by atoms with Crippen LogP contribution in [-0.4, -0.2) is 42.0 Å². The summed E-state index contributed by atoms with van der Waals surface area (Å²) >= 11 is 1.67. The average Bonchev–Trinajstić information content (AvgIpc) is 2.95. The fourth-order valence-electron chi connectivity index (χ4n) is 2.62. The Morgan fingerprint density at radius 3 is 2.87 bits per heavy atom. The average molecular weight is 445 g/mol. The molecule has 0 radical (unpaired) electrons. The van der Waals surface area contributed by atoms with Crippen LogP contribution in [-0.2, 0) is 0 Å².